The second-order valence-electron chi connectivity index (χ2n) is 5.04. The number of carbonyl (C=O) groups excluding carboxylic acids is 1. The van der Waals surface area contributed by atoms with Crippen molar-refractivity contribution in [1.82, 2.24) is 5.43 Å². The predicted molar refractivity (Wildman–Crippen MR) is 79.9 cm³/mol. The van der Waals surface area contributed by atoms with E-state index in [4.69, 9.17) is 4.74 Å². The van der Waals surface area contributed by atoms with E-state index < -0.39 is 0 Å². The molecule has 4 nitrogen and oxygen atoms in total. The van der Waals surface area contributed by atoms with E-state index in [2.05, 4.69) is 10.5 Å². The van der Waals surface area contributed by atoms with Gasteiger partial charge in [-0.3, -0.25) is 4.79 Å². The van der Waals surface area contributed by atoms with Crippen molar-refractivity contribution in [1.29, 1.82) is 0 Å². The van der Waals surface area contributed by atoms with Gasteiger partial charge in [0, 0.05) is 11.5 Å². The molecule has 1 aliphatic rings. The Bertz CT molecular complexity index is 465. The third-order valence-electron chi connectivity index (χ3n) is 3.57. The van der Waals surface area contributed by atoms with E-state index in [1.54, 1.807) is 6.21 Å². The number of hydrogen-bond donors (Lipinski definition) is 1. The van der Waals surface area contributed by atoms with Gasteiger partial charge in [0.25, 0.3) is 0 Å². The second-order valence-corrected chi connectivity index (χ2v) is 5.04. The monoisotopic (exact) mass is 274 g/mol. The average Bonchev–Trinajstić information content (AvgIpc) is 2.50. The zero-order valence-corrected chi connectivity index (χ0v) is 12.0. The van der Waals surface area contributed by atoms with Crippen LogP contribution in [0.2, 0.25) is 0 Å². The topological polar surface area (TPSA) is 50.7 Å². The molecule has 4 heteroatoms. The first-order valence-corrected chi connectivity index (χ1v) is 7.36. The number of amides is 1. The summed E-state index contributed by atoms with van der Waals surface area (Å²) in [4.78, 5) is 11.9. The molecule has 0 unspecified atom stereocenters. The summed E-state index contributed by atoms with van der Waals surface area (Å²) in [6, 6.07) is 7.66. The first kappa shape index (κ1) is 14.6. The quantitative estimate of drug-likeness (QED) is 0.662. The molecule has 0 radical (unpaired) electrons. The number of rotatable bonds is 5. The van der Waals surface area contributed by atoms with Crippen LogP contribution in [0, 0.1) is 5.92 Å². The lowest BCUT2D eigenvalue weighted by Gasteiger charge is -2.19. The minimum atomic E-state index is 0.0369. The van der Waals surface area contributed by atoms with Gasteiger partial charge in [-0.1, -0.05) is 31.4 Å². The van der Waals surface area contributed by atoms with Gasteiger partial charge in [0.2, 0.25) is 5.91 Å². The largest absolute Gasteiger partial charge is 0.493 e. The Morgan fingerprint density at radius 1 is 1.35 bits per heavy atom. The number of carbonyl (C=O) groups is 1. The number of benzene rings is 1. The lowest BCUT2D eigenvalue weighted by atomic mass is 9.89. The van der Waals surface area contributed by atoms with E-state index in [1.807, 2.05) is 31.2 Å². The number of hydrazone groups is 1. The highest BCUT2D eigenvalue weighted by Crippen LogP contribution is 2.23. The fraction of sp³-hybridized carbons (Fsp3) is 0.500. The van der Waals surface area contributed by atoms with Crippen LogP contribution in [0.25, 0.3) is 0 Å². The maximum atomic E-state index is 11.9. The summed E-state index contributed by atoms with van der Waals surface area (Å²) in [6.07, 6.45) is 7.15. The third-order valence-corrected chi connectivity index (χ3v) is 3.57. The van der Waals surface area contributed by atoms with Gasteiger partial charge in [0.15, 0.2) is 0 Å². The van der Waals surface area contributed by atoms with Gasteiger partial charge in [0.05, 0.1) is 12.8 Å². The summed E-state index contributed by atoms with van der Waals surface area (Å²) in [5.74, 6) is 0.948. The molecule has 0 spiro atoms. The van der Waals surface area contributed by atoms with Gasteiger partial charge in [-0.25, -0.2) is 5.43 Å². The fourth-order valence-corrected chi connectivity index (χ4v) is 2.50. The van der Waals surface area contributed by atoms with Crippen molar-refractivity contribution in [3.05, 3.63) is 29.8 Å². The Morgan fingerprint density at radius 3 is 2.85 bits per heavy atom. The molecule has 108 valence electrons. The first-order valence-electron chi connectivity index (χ1n) is 7.36. The van der Waals surface area contributed by atoms with Crippen molar-refractivity contribution in [3.8, 4) is 5.75 Å². The molecular formula is C16H22N2O2. The lowest BCUT2D eigenvalue weighted by Crippen LogP contribution is -2.28. The van der Waals surface area contributed by atoms with Crippen LogP contribution in [0.5, 0.6) is 5.75 Å². The zero-order valence-electron chi connectivity index (χ0n) is 12.0. The summed E-state index contributed by atoms with van der Waals surface area (Å²) >= 11 is 0. The molecule has 0 saturated heterocycles. The number of hydrogen-bond acceptors (Lipinski definition) is 3. The van der Waals surface area contributed by atoms with Crippen LogP contribution in [0.1, 0.15) is 44.6 Å². The van der Waals surface area contributed by atoms with E-state index >= 15 is 0 Å². The van der Waals surface area contributed by atoms with Crippen LogP contribution in [-0.4, -0.2) is 18.7 Å². The summed E-state index contributed by atoms with van der Waals surface area (Å²) in [5.41, 5.74) is 3.52. The van der Waals surface area contributed by atoms with E-state index in [9.17, 15) is 4.79 Å². The van der Waals surface area contributed by atoms with Crippen molar-refractivity contribution in [2.75, 3.05) is 6.61 Å². The standard InChI is InChI=1S/C16H22N2O2/c1-2-20-15-11-7-6-10-14(15)12-17-18-16(19)13-8-4-3-5-9-13/h6-7,10-13H,2-5,8-9H2,1H3,(H,18,19)/b17-12-. The third kappa shape index (κ3) is 4.08. The molecule has 1 fully saturated rings. The molecule has 2 rings (SSSR count). The highest BCUT2D eigenvalue weighted by Gasteiger charge is 2.20. The molecule has 1 N–H and O–H groups in total. The highest BCUT2D eigenvalue weighted by atomic mass is 16.5. The van der Waals surface area contributed by atoms with Gasteiger partial charge < -0.3 is 4.74 Å². The molecule has 0 aromatic heterocycles. The van der Waals surface area contributed by atoms with Crippen LogP contribution < -0.4 is 10.2 Å². The summed E-state index contributed by atoms with van der Waals surface area (Å²) in [7, 11) is 0. The van der Waals surface area contributed by atoms with Crippen molar-refractivity contribution >= 4 is 12.1 Å². The van der Waals surface area contributed by atoms with Crippen LogP contribution in [0.15, 0.2) is 29.4 Å². The van der Waals surface area contributed by atoms with Gasteiger partial charge in [0.1, 0.15) is 5.75 Å². The van der Waals surface area contributed by atoms with Crippen molar-refractivity contribution < 1.29 is 9.53 Å². The van der Waals surface area contributed by atoms with E-state index in [0.717, 1.165) is 37.0 Å². The molecule has 0 bridgehead atoms. The Hall–Kier alpha value is -1.84. The Kier molecular flexibility index (Phi) is 5.59. The predicted octanol–water partition coefficient (Wildman–Crippen LogP) is 3.12. The molecule has 1 aromatic carbocycles. The molecule has 0 atom stereocenters. The summed E-state index contributed by atoms with van der Waals surface area (Å²) in [5, 5.41) is 4.06. The van der Waals surface area contributed by atoms with Crippen molar-refractivity contribution in [3.63, 3.8) is 0 Å². The van der Waals surface area contributed by atoms with E-state index in [-0.39, 0.29) is 11.8 Å². The molecule has 1 aromatic rings. The minimum Gasteiger partial charge on any atom is -0.493 e. The molecule has 20 heavy (non-hydrogen) atoms. The molecule has 1 aliphatic carbocycles. The maximum absolute atomic E-state index is 11.9. The normalized spacial score (nSPS) is 16.2. The molecule has 1 amide bonds. The Morgan fingerprint density at radius 2 is 2.10 bits per heavy atom. The second kappa shape index (κ2) is 7.68. The number of nitrogens with one attached hydrogen (secondary N) is 1. The lowest BCUT2D eigenvalue weighted by molar-refractivity contribution is -0.125. The minimum absolute atomic E-state index is 0.0369. The van der Waals surface area contributed by atoms with Crippen LogP contribution in [-0.2, 0) is 4.79 Å². The summed E-state index contributed by atoms with van der Waals surface area (Å²) < 4.78 is 5.51. The molecule has 0 aliphatic heterocycles. The summed E-state index contributed by atoms with van der Waals surface area (Å²) in [6.45, 7) is 2.55. The van der Waals surface area contributed by atoms with Crippen molar-refractivity contribution in [2.24, 2.45) is 11.0 Å². The molecule has 0 heterocycles. The zero-order chi connectivity index (χ0) is 14.2. The van der Waals surface area contributed by atoms with Gasteiger partial charge >= 0.3 is 0 Å². The number of nitrogens with zero attached hydrogens (tertiary/aromatic N) is 1. The number of ether oxygens (including phenoxy) is 1. The average molecular weight is 274 g/mol. The fourth-order valence-electron chi connectivity index (χ4n) is 2.50. The Balaban J connectivity index is 1.91. The maximum Gasteiger partial charge on any atom is 0.243 e. The van der Waals surface area contributed by atoms with E-state index in [0.29, 0.717) is 6.61 Å². The highest BCUT2D eigenvalue weighted by molar-refractivity contribution is 5.85. The molecule has 1 saturated carbocycles. The van der Waals surface area contributed by atoms with Gasteiger partial charge in [-0.15, -0.1) is 0 Å². The van der Waals surface area contributed by atoms with E-state index in [1.165, 1.54) is 6.42 Å². The Labute approximate surface area is 120 Å². The van der Waals surface area contributed by atoms with Crippen LogP contribution in [0.3, 0.4) is 0 Å². The van der Waals surface area contributed by atoms with Gasteiger partial charge in [-0.05, 0) is 31.9 Å². The van der Waals surface area contributed by atoms with Crippen LogP contribution >= 0.6 is 0 Å². The SMILES string of the molecule is CCOc1ccccc1/C=N\NC(=O)C1CCCCC1. The van der Waals surface area contributed by atoms with Crippen LogP contribution in [0.4, 0.5) is 0 Å². The number of para-hydroxylation sites is 1. The smallest absolute Gasteiger partial charge is 0.243 e. The van der Waals surface area contributed by atoms with Crippen molar-refractivity contribution in [2.45, 2.75) is 39.0 Å². The van der Waals surface area contributed by atoms with Gasteiger partial charge in [-0.2, -0.15) is 5.10 Å². The molecular weight excluding hydrogens is 252 g/mol. The first-order chi connectivity index (χ1) is 9.81.